The van der Waals surface area contributed by atoms with Crippen molar-refractivity contribution in [3.8, 4) is 5.75 Å². The van der Waals surface area contributed by atoms with Gasteiger partial charge >= 0.3 is 0 Å². The van der Waals surface area contributed by atoms with Crippen molar-refractivity contribution >= 4 is 5.96 Å². The van der Waals surface area contributed by atoms with E-state index in [1.165, 1.54) is 11.1 Å². The lowest BCUT2D eigenvalue weighted by molar-refractivity contribution is 0.195. The molecule has 0 spiro atoms. The zero-order chi connectivity index (χ0) is 18.5. The lowest BCUT2D eigenvalue weighted by Crippen LogP contribution is -2.38. The van der Waals surface area contributed by atoms with Crippen molar-refractivity contribution in [2.75, 3.05) is 33.9 Å². The van der Waals surface area contributed by atoms with Gasteiger partial charge in [0.25, 0.3) is 0 Å². The molecule has 2 aromatic carbocycles. The Morgan fingerprint density at radius 3 is 2.35 bits per heavy atom. The average molecular weight is 355 g/mol. The molecule has 0 radical (unpaired) electrons. The van der Waals surface area contributed by atoms with Crippen LogP contribution in [-0.2, 0) is 17.8 Å². The molecule has 5 heteroatoms. The van der Waals surface area contributed by atoms with Gasteiger partial charge in [0.15, 0.2) is 5.96 Å². The van der Waals surface area contributed by atoms with Crippen LogP contribution < -0.4 is 15.4 Å². The molecule has 0 heterocycles. The van der Waals surface area contributed by atoms with Gasteiger partial charge in [-0.2, -0.15) is 0 Å². The van der Waals surface area contributed by atoms with Crippen LogP contribution in [0, 0.1) is 0 Å². The fourth-order valence-electron chi connectivity index (χ4n) is 2.46. The van der Waals surface area contributed by atoms with E-state index in [2.05, 4.69) is 39.9 Å². The fourth-order valence-corrected chi connectivity index (χ4v) is 2.46. The molecule has 0 aliphatic carbocycles. The normalized spacial score (nSPS) is 11.2. The Labute approximate surface area is 156 Å². The number of benzene rings is 2. The summed E-state index contributed by atoms with van der Waals surface area (Å²) >= 11 is 0. The van der Waals surface area contributed by atoms with Crippen molar-refractivity contribution in [1.82, 2.24) is 10.6 Å². The predicted molar refractivity (Wildman–Crippen MR) is 107 cm³/mol. The first-order valence-electron chi connectivity index (χ1n) is 9.01. The third-order valence-corrected chi connectivity index (χ3v) is 3.92. The van der Waals surface area contributed by atoms with Crippen LogP contribution in [0.1, 0.15) is 17.5 Å². The lowest BCUT2D eigenvalue weighted by atomic mass is 10.1. The predicted octanol–water partition coefficient (Wildman–Crippen LogP) is 3.01. The van der Waals surface area contributed by atoms with Gasteiger partial charge in [0.1, 0.15) is 12.4 Å². The Morgan fingerprint density at radius 1 is 0.923 bits per heavy atom. The SMILES string of the molecule is CN=C(NCCCOC)NCCc1ccc(OCc2ccccc2)cc1. The highest BCUT2D eigenvalue weighted by Gasteiger charge is 1.99. The van der Waals surface area contributed by atoms with Crippen LogP contribution in [-0.4, -0.2) is 39.8 Å². The lowest BCUT2D eigenvalue weighted by Gasteiger charge is -2.12. The minimum atomic E-state index is 0.590. The number of rotatable bonds is 10. The van der Waals surface area contributed by atoms with Crippen molar-refractivity contribution in [2.45, 2.75) is 19.4 Å². The molecule has 0 fully saturated rings. The molecular formula is C21H29N3O2. The summed E-state index contributed by atoms with van der Waals surface area (Å²) in [6.07, 6.45) is 1.89. The highest BCUT2D eigenvalue weighted by atomic mass is 16.5. The number of ether oxygens (including phenoxy) is 2. The Kier molecular flexibility index (Phi) is 9.08. The second kappa shape index (κ2) is 11.9. The summed E-state index contributed by atoms with van der Waals surface area (Å²) in [6.45, 7) is 3.02. The first kappa shape index (κ1) is 19.8. The monoisotopic (exact) mass is 355 g/mol. The molecule has 0 aromatic heterocycles. The number of methoxy groups -OCH3 is 1. The molecule has 0 atom stereocenters. The van der Waals surface area contributed by atoms with Gasteiger partial charge in [-0.1, -0.05) is 42.5 Å². The zero-order valence-electron chi connectivity index (χ0n) is 15.7. The van der Waals surface area contributed by atoms with Crippen LogP contribution in [0.5, 0.6) is 5.75 Å². The third kappa shape index (κ3) is 7.57. The summed E-state index contributed by atoms with van der Waals surface area (Å²) < 4.78 is 10.9. The van der Waals surface area contributed by atoms with E-state index >= 15 is 0 Å². The molecule has 0 unspecified atom stereocenters. The van der Waals surface area contributed by atoms with Gasteiger partial charge in [0.05, 0.1) is 0 Å². The molecule has 2 N–H and O–H groups in total. The van der Waals surface area contributed by atoms with Crippen molar-refractivity contribution in [3.05, 3.63) is 65.7 Å². The third-order valence-electron chi connectivity index (χ3n) is 3.92. The van der Waals surface area contributed by atoms with Gasteiger partial charge in [0.2, 0.25) is 0 Å². The quantitative estimate of drug-likeness (QED) is 0.391. The van der Waals surface area contributed by atoms with Crippen molar-refractivity contribution in [2.24, 2.45) is 4.99 Å². The fraction of sp³-hybridized carbons (Fsp3) is 0.381. The minimum absolute atomic E-state index is 0.590. The number of nitrogens with zero attached hydrogens (tertiary/aromatic N) is 1. The summed E-state index contributed by atoms with van der Waals surface area (Å²) in [4.78, 5) is 4.22. The van der Waals surface area contributed by atoms with Gasteiger partial charge in [-0.15, -0.1) is 0 Å². The van der Waals surface area contributed by atoms with Crippen LogP contribution in [0.4, 0.5) is 0 Å². The van der Waals surface area contributed by atoms with Crippen molar-refractivity contribution in [3.63, 3.8) is 0 Å². The zero-order valence-corrected chi connectivity index (χ0v) is 15.7. The number of hydrogen-bond acceptors (Lipinski definition) is 3. The van der Waals surface area contributed by atoms with Crippen LogP contribution in [0.25, 0.3) is 0 Å². The second-order valence-corrected chi connectivity index (χ2v) is 5.94. The number of guanidine groups is 1. The topological polar surface area (TPSA) is 54.9 Å². The largest absolute Gasteiger partial charge is 0.489 e. The van der Waals surface area contributed by atoms with Crippen molar-refractivity contribution in [1.29, 1.82) is 0 Å². The standard InChI is InChI=1S/C21H29N3O2/c1-22-21(23-14-6-16-25-2)24-15-13-18-9-11-20(12-10-18)26-17-19-7-4-3-5-8-19/h3-5,7-12H,6,13-17H2,1-2H3,(H2,22,23,24). The summed E-state index contributed by atoms with van der Waals surface area (Å²) in [5.74, 6) is 1.71. The highest BCUT2D eigenvalue weighted by molar-refractivity contribution is 5.79. The van der Waals surface area contributed by atoms with E-state index in [1.54, 1.807) is 14.2 Å². The van der Waals surface area contributed by atoms with Gasteiger partial charge in [0, 0.05) is 33.9 Å². The van der Waals surface area contributed by atoms with E-state index in [-0.39, 0.29) is 0 Å². The Morgan fingerprint density at radius 2 is 1.65 bits per heavy atom. The van der Waals surface area contributed by atoms with E-state index in [9.17, 15) is 0 Å². The summed E-state index contributed by atoms with van der Waals surface area (Å²) in [5.41, 5.74) is 2.43. The molecule has 0 amide bonds. The molecule has 0 bridgehead atoms. The Hall–Kier alpha value is -2.53. The molecule has 5 nitrogen and oxygen atoms in total. The number of hydrogen-bond donors (Lipinski definition) is 2. The molecule has 0 saturated heterocycles. The van der Waals surface area contributed by atoms with Crippen LogP contribution in [0.3, 0.4) is 0 Å². The van der Waals surface area contributed by atoms with E-state index < -0.39 is 0 Å². The minimum Gasteiger partial charge on any atom is -0.489 e. The summed E-state index contributed by atoms with van der Waals surface area (Å²) in [6, 6.07) is 18.5. The number of aliphatic imine (C=N–C) groups is 1. The smallest absolute Gasteiger partial charge is 0.190 e. The average Bonchev–Trinajstić information content (AvgIpc) is 2.70. The van der Waals surface area contributed by atoms with Crippen LogP contribution in [0.15, 0.2) is 59.6 Å². The molecular weight excluding hydrogens is 326 g/mol. The Balaban J connectivity index is 1.68. The maximum atomic E-state index is 5.82. The Bertz CT molecular complexity index is 642. The van der Waals surface area contributed by atoms with Gasteiger partial charge in [-0.3, -0.25) is 4.99 Å². The first-order chi connectivity index (χ1) is 12.8. The molecule has 140 valence electrons. The molecule has 2 rings (SSSR count). The maximum Gasteiger partial charge on any atom is 0.190 e. The van der Waals surface area contributed by atoms with Crippen LogP contribution >= 0.6 is 0 Å². The van der Waals surface area contributed by atoms with Gasteiger partial charge in [-0.25, -0.2) is 0 Å². The first-order valence-corrected chi connectivity index (χ1v) is 9.01. The second-order valence-electron chi connectivity index (χ2n) is 5.94. The molecule has 26 heavy (non-hydrogen) atoms. The van der Waals surface area contributed by atoms with E-state index in [1.807, 2.05) is 30.3 Å². The molecule has 0 aliphatic rings. The van der Waals surface area contributed by atoms with Crippen molar-refractivity contribution < 1.29 is 9.47 Å². The van der Waals surface area contributed by atoms with Gasteiger partial charge < -0.3 is 20.1 Å². The maximum absolute atomic E-state index is 5.82. The van der Waals surface area contributed by atoms with Gasteiger partial charge in [-0.05, 0) is 36.1 Å². The van der Waals surface area contributed by atoms with Crippen LogP contribution in [0.2, 0.25) is 0 Å². The van der Waals surface area contributed by atoms with E-state index in [0.29, 0.717) is 6.61 Å². The highest BCUT2D eigenvalue weighted by Crippen LogP contribution is 2.14. The van der Waals surface area contributed by atoms with E-state index in [0.717, 1.165) is 44.2 Å². The molecule has 2 aromatic rings. The summed E-state index contributed by atoms with van der Waals surface area (Å²) in [5, 5.41) is 6.59. The number of nitrogens with one attached hydrogen (secondary N) is 2. The summed E-state index contributed by atoms with van der Waals surface area (Å²) in [7, 11) is 3.50. The van der Waals surface area contributed by atoms with E-state index in [4.69, 9.17) is 9.47 Å². The molecule has 0 aliphatic heterocycles. The molecule has 0 saturated carbocycles.